The molecule has 2 nitrogen and oxygen atoms in total. The molecule has 0 aliphatic carbocycles. The van der Waals surface area contributed by atoms with E-state index in [0.717, 1.165) is 5.56 Å². The van der Waals surface area contributed by atoms with Gasteiger partial charge in [0.25, 0.3) is 0 Å². The van der Waals surface area contributed by atoms with E-state index in [1.54, 1.807) is 12.1 Å². The van der Waals surface area contributed by atoms with Gasteiger partial charge >= 0.3 is 0 Å². The molecule has 0 spiro atoms. The number of nitrogens with zero attached hydrogens (tertiary/aromatic N) is 1. The number of methoxy groups -OCH3 is 1. The Kier molecular flexibility index (Phi) is 3.06. The molecule has 0 N–H and O–H groups in total. The average Bonchev–Trinajstić information content (AvgIpc) is 2.38. The molecular formula is C14H10FNO. The Balaban J connectivity index is 2.59. The third-order valence-electron chi connectivity index (χ3n) is 2.49. The van der Waals surface area contributed by atoms with Gasteiger partial charge in [-0.3, -0.25) is 0 Å². The maximum absolute atomic E-state index is 13.7. The van der Waals surface area contributed by atoms with Crippen LogP contribution in [0, 0.1) is 17.1 Å². The van der Waals surface area contributed by atoms with Gasteiger partial charge in [-0.15, -0.1) is 0 Å². The normalized spacial score (nSPS) is 9.71. The molecule has 0 heterocycles. The SMILES string of the molecule is COc1cc(-c2ccccc2)cc(F)c1C#N. The zero-order chi connectivity index (χ0) is 12.3. The Bertz CT molecular complexity index is 573. The number of benzene rings is 2. The third kappa shape index (κ3) is 2.11. The summed E-state index contributed by atoms with van der Waals surface area (Å²) in [5, 5.41) is 8.82. The summed E-state index contributed by atoms with van der Waals surface area (Å²) in [6.07, 6.45) is 0. The highest BCUT2D eigenvalue weighted by molar-refractivity contribution is 5.67. The Morgan fingerprint density at radius 2 is 1.82 bits per heavy atom. The van der Waals surface area contributed by atoms with Crippen molar-refractivity contribution in [1.29, 1.82) is 5.26 Å². The standard InChI is InChI=1S/C14H10FNO/c1-17-14-8-11(7-13(15)12(14)9-16)10-5-3-2-4-6-10/h2-8H,1H3. The van der Waals surface area contributed by atoms with Gasteiger partial charge in [-0.1, -0.05) is 30.3 Å². The molecule has 2 aromatic rings. The molecule has 0 amide bonds. The zero-order valence-electron chi connectivity index (χ0n) is 9.27. The summed E-state index contributed by atoms with van der Waals surface area (Å²) < 4.78 is 18.7. The molecule has 84 valence electrons. The highest BCUT2D eigenvalue weighted by Gasteiger charge is 2.11. The van der Waals surface area contributed by atoms with E-state index in [0.29, 0.717) is 5.56 Å². The van der Waals surface area contributed by atoms with Crippen LogP contribution >= 0.6 is 0 Å². The van der Waals surface area contributed by atoms with Crippen molar-refractivity contribution in [3.05, 3.63) is 53.8 Å². The van der Waals surface area contributed by atoms with Crippen LogP contribution in [-0.4, -0.2) is 7.11 Å². The van der Waals surface area contributed by atoms with Crippen molar-refractivity contribution in [1.82, 2.24) is 0 Å². The van der Waals surface area contributed by atoms with Crippen LogP contribution in [0.15, 0.2) is 42.5 Å². The molecular weight excluding hydrogens is 217 g/mol. The number of hydrogen-bond acceptors (Lipinski definition) is 2. The molecule has 0 radical (unpaired) electrons. The topological polar surface area (TPSA) is 33.0 Å². The van der Waals surface area contributed by atoms with Gasteiger partial charge in [-0.05, 0) is 23.3 Å². The Hall–Kier alpha value is -2.34. The third-order valence-corrected chi connectivity index (χ3v) is 2.49. The Morgan fingerprint density at radius 1 is 1.12 bits per heavy atom. The monoisotopic (exact) mass is 227 g/mol. The molecule has 0 saturated heterocycles. The van der Waals surface area contributed by atoms with Gasteiger partial charge in [-0.2, -0.15) is 5.26 Å². The fraction of sp³-hybridized carbons (Fsp3) is 0.0714. The quantitative estimate of drug-likeness (QED) is 0.788. The predicted molar refractivity (Wildman–Crippen MR) is 63.1 cm³/mol. The molecule has 3 heteroatoms. The second-order valence-corrected chi connectivity index (χ2v) is 3.51. The first-order valence-electron chi connectivity index (χ1n) is 5.09. The summed E-state index contributed by atoms with van der Waals surface area (Å²) in [6.45, 7) is 0. The minimum atomic E-state index is -0.564. The van der Waals surface area contributed by atoms with Crippen LogP contribution in [-0.2, 0) is 0 Å². The first-order chi connectivity index (χ1) is 8.26. The lowest BCUT2D eigenvalue weighted by atomic mass is 10.0. The molecule has 0 fully saturated rings. The molecule has 0 aliphatic heterocycles. The van der Waals surface area contributed by atoms with Crippen LogP contribution in [0.4, 0.5) is 4.39 Å². The number of rotatable bonds is 2. The van der Waals surface area contributed by atoms with Crippen molar-refractivity contribution in [3.63, 3.8) is 0 Å². The summed E-state index contributed by atoms with van der Waals surface area (Å²) in [5.74, 6) is -0.308. The first-order valence-corrected chi connectivity index (χ1v) is 5.09. The molecule has 17 heavy (non-hydrogen) atoms. The second-order valence-electron chi connectivity index (χ2n) is 3.51. The second kappa shape index (κ2) is 4.67. The van der Waals surface area contributed by atoms with Crippen molar-refractivity contribution in [2.45, 2.75) is 0 Å². The molecule has 0 aliphatic rings. The van der Waals surface area contributed by atoms with Crippen LogP contribution in [0.5, 0.6) is 5.75 Å². The molecule has 0 atom stereocenters. The highest BCUT2D eigenvalue weighted by atomic mass is 19.1. The predicted octanol–water partition coefficient (Wildman–Crippen LogP) is 3.37. The fourth-order valence-electron chi connectivity index (χ4n) is 1.65. The van der Waals surface area contributed by atoms with E-state index in [-0.39, 0.29) is 11.3 Å². The molecule has 2 rings (SSSR count). The van der Waals surface area contributed by atoms with E-state index in [1.807, 2.05) is 30.3 Å². The van der Waals surface area contributed by atoms with Gasteiger partial charge in [0.15, 0.2) is 0 Å². The van der Waals surface area contributed by atoms with E-state index in [2.05, 4.69) is 0 Å². The zero-order valence-corrected chi connectivity index (χ0v) is 9.27. The van der Waals surface area contributed by atoms with Gasteiger partial charge in [0.1, 0.15) is 23.2 Å². The lowest BCUT2D eigenvalue weighted by molar-refractivity contribution is 0.410. The number of hydrogen-bond donors (Lipinski definition) is 0. The Morgan fingerprint density at radius 3 is 2.41 bits per heavy atom. The fourth-order valence-corrected chi connectivity index (χ4v) is 1.65. The lowest BCUT2D eigenvalue weighted by Crippen LogP contribution is -1.93. The van der Waals surface area contributed by atoms with Gasteiger partial charge in [0.2, 0.25) is 0 Å². The highest BCUT2D eigenvalue weighted by Crippen LogP contribution is 2.29. The van der Waals surface area contributed by atoms with Crippen LogP contribution in [0.25, 0.3) is 11.1 Å². The van der Waals surface area contributed by atoms with E-state index in [9.17, 15) is 4.39 Å². The van der Waals surface area contributed by atoms with Gasteiger partial charge in [-0.25, -0.2) is 4.39 Å². The number of halogens is 1. The van der Waals surface area contributed by atoms with Crippen LogP contribution in [0.2, 0.25) is 0 Å². The summed E-state index contributed by atoms with van der Waals surface area (Å²) in [7, 11) is 1.42. The van der Waals surface area contributed by atoms with Crippen LogP contribution in [0.3, 0.4) is 0 Å². The summed E-state index contributed by atoms with van der Waals surface area (Å²) in [5.41, 5.74) is 1.51. The summed E-state index contributed by atoms with van der Waals surface area (Å²) in [6, 6.07) is 14.2. The Labute approximate surface area is 98.9 Å². The van der Waals surface area contributed by atoms with Crippen molar-refractivity contribution in [2.24, 2.45) is 0 Å². The largest absolute Gasteiger partial charge is 0.495 e. The average molecular weight is 227 g/mol. The maximum Gasteiger partial charge on any atom is 0.145 e. The van der Waals surface area contributed by atoms with E-state index in [4.69, 9.17) is 10.00 Å². The molecule has 0 aromatic heterocycles. The molecule has 0 saturated carbocycles. The number of ether oxygens (including phenoxy) is 1. The van der Waals surface area contributed by atoms with Gasteiger partial charge < -0.3 is 4.74 Å². The maximum atomic E-state index is 13.7. The van der Waals surface area contributed by atoms with Crippen molar-refractivity contribution < 1.29 is 9.13 Å². The van der Waals surface area contributed by atoms with Crippen LogP contribution in [0.1, 0.15) is 5.56 Å². The van der Waals surface area contributed by atoms with E-state index >= 15 is 0 Å². The molecule has 0 bridgehead atoms. The summed E-state index contributed by atoms with van der Waals surface area (Å²) in [4.78, 5) is 0. The first kappa shape index (κ1) is 11.2. The number of nitriles is 1. The van der Waals surface area contributed by atoms with E-state index < -0.39 is 5.82 Å². The minimum Gasteiger partial charge on any atom is -0.495 e. The molecule has 0 unspecified atom stereocenters. The van der Waals surface area contributed by atoms with Gasteiger partial charge in [0.05, 0.1) is 7.11 Å². The van der Waals surface area contributed by atoms with Crippen molar-refractivity contribution in [3.8, 4) is 22.9 Å². The van der Waals surface area contributed by atoms with Crippen molar-refractivity contribution in [2.75, 3.05) is 7.11 Å². The summed E-state index contributed by atoms with van der Waals surface area (Å²) >= 11 is 0. The smallest absolute Gasteiger partial charge is 0.145 e. The van der Waals surface area contributed by atoms with E-state index in [1.165, 1.54) is 13.2 Å². The van der Waals surface area contributed by atoms with Crippen molar-refractivity contribution >= 4 is 0 Å². The minimum absolute atomic E-state index is 0.0628. The lowest BCUT2D eigenvalue weighted by Gasteiger charge is -2.07. The van der Waals surface area contributed by atoms with Crippen LogP contribution < -0.4 is 4.74 Å². The molecule has 2 aromatic carbocycles. The van der Waals surface area contributed by atoms with Gasteiger partial charge in [0, 0.05) is 0 Å².